The van der Waals surface area contributed by atoms with Gasteiger partial charge in [-0.1, -0.05) is 37.3 Å². The molecule has 0 spiro atoms. The van der Waals surface area contributed by atoms with Gasteiger partial charge in [0.2, 0.25) is 0 Å². The van der Waals surface area contributed by atoms with Crippen molar-refractivity contribution in [2.45, 2.75) is 64.6 Å². The molecule has 2 atom stereocenters. The van der Waals surface area contributed by atoms with Crippen LogP contribution in [0.3, 0.4) is 0 Å². The first-order valence-electron chi connectivity index (χ1n) is 12.5. The Morgan fingerprint density at radius 3 is 2.58 bits per heavy atom. The second-order valence-corrected chi connectivity index (χ2v) is 10.1. The van der Waals surface area contributed by atoms with Crippen LogP contribution in [0.15, 0.2) is 42.5 Å². The highest BCUT2D eigenvalue weighted by molar-refractivity contribution is 5.99. The van der Waals surface area contributed by atoms with Crippen molar-refractivity contribution in [3.63, 3.8) is 0 Å². The number of nitrogens with zero attached hydrogens (tertiary/aromatic N) is 2. The fourth-order valence-electron chi connectivity index (χ4n) is 4.11. The van der Waals surface area contributed by atoms with Gasteiger partial charge in [-0.15, -0.1) is 0 Å². The molecular weight excluding hydrogens is 458 g/mol. The van der Waals surface area contributed by atoms with Crippen LogP contribution in [-0.4, -0.2) is 66.1 Å². The van der Waals surface area contributed by atoms with Crippen LogP contribution in [-0.2, 0) is 9.47 Å². The topological polar surface area (TPSA) is 97.8 Å². The van der Waals surface area contributed by atoms with Crippen molar-refractivity contribution in [2.24, 2.45) is 0 Å². The van der Waals surface area contributed by atoms with Gasteiger partial charge in [0.15, 0.2) is 5.78 Å². The molecule has 3 rings (SSSR count). The highest BCUT2D eigenvalue weighted by atomic mass is 16.6. The lowest BCUT2D eigenvalue weighted by atomic mass is 9.94. The lowest BCUT2D eigenvalue weighted by Crippen LogP contribution is -2.47. The Morgan fingerprint density at radius 1 is 1.19 bits per heavy atom. The molecule has 0 aliphatic carbocycles. The summed E-state index contributed by atoms with van der Waals surface area (Å²) in [5.41, 5.74) is 1.88. The van der Waals surface area contributed by atoms with Gasteiger partial charge in [-0.05, 0) is 51.3 Å². The molecular formula is C28H37N3O5. The predicted octanol–water partition coefficient (Wildman–Crippen LogP) is 4.58. The van der Waals surface area contributed by atoms with Crippen molar-refractivity contribution in [3.8, 4) is 0 Å². The Bertz CT molecular complexity index is 1060. The maximum Gasteiger partial charge on any atom is 0.410 e. The van der Waals surface area contributed by atoms with Crippen molar-refractivity contribution >= 4 is 17.8 Å². The van der Waals surface area contributed by atoms with Gasteiger partial charge in [-0.25, -0.2) is 9.78 Å². The van der Waals surface area contributed by atoms with E-state index in [9.17, 15) is 14.4 Å². The molecule has 0 saturated carbocycles. The van der Waals surface area contributed by atoms with Crippen LogP contribution in [0, 0.1) is 0 Å². The Labute approximate surface area is 213 Å². The number of carbonyl (C=O) groups is 3. The third-order valence-electron chi connectivity index (χ3n) is 6.09. The Kier molecular flexibility index (Phi) is 9.20. The smallest absolute Gasteiger partial charge is 0.410 e. The molecule has 1 aliphatic rings. The number of nitrogens with one attached hydrogen (secondary N) is 1. The molecule has 2 amide bonds. The molecule has 1 saturated heterocycles. The van der Waals surface area contributed by atoms with Gasteiger partial charge >= 0.3 is 6.09 Å². The van der Waals surface area contributed by atoms with E-state index in [0.717, 1.165) is 5.56 Å². The summed E-state index contributed by atoms with van der Waals surface area (Å²) in [7, 11) is 1.55. The molecule has 0 bridgehead atoms. The van der Waals surface area contributed by atoms with Gasteiger partial charge < -0.3 is 19.7 Å². The van der Waals surface area contributed by atoms with Crippen LogP contribution < -0.4 is 5.32 Å². The standard InChI is InChI=1S/C28H37N3O5/c1-19(20-10-7-6-8-11-20)23-16-21(17-24(30-23)26(33)29-5)25(32)13-9-12-22-18-31(14-15-35-22)27(34)36-28(2,3)4/h6-8,10-11,16-17,19,22H,9,12-15,18H2,1-5H3,(H,29,33)/t19?,22-/m0/s1. The number of hydrogen-bond donors (Lipinski definition) is 1. The molecule has 1 fully saturated rings. The summed E-state index contributed by atoms with van der Waals surface area (Å²) in [4.78, 5) is 44.0. The predicted molar refractivity (Wildman–Crippen MR) is 137 cm³/mol. The van der Waals surface area contributed by atoms with E-state index in [0.29, 0.717) is 50.2 Å². The molecule has 1 aromatic heterocycles. The molecule has 194 valence electrons. The van der Waals surface area contributed by atoms with Gasteiger partial charge in [0, 0.05) is 37.2 Å². The number of morpholine rings is 1. The maximum atomic E-state index is 13.1. The number of ether oxygens (including phenoxy) is 2. The first-order valence-corrected chi connectivity index (χ1v) is 12.5. The van der Waals surface area contributed by atoms with Gasteiger partial charge in [0.05, 0.1) is 19.3 Å². The summed E-state index contributed by atoms with van der Waals surface area (Å²) in [6.45, 7) is 8.91. The largest absolute Gasteiger partial charge is 0.444 e. The minimum atomic E-state index is -0.549. The molecule has 1 N–H and O–H groups in total. The number of ketones is 1. The van der Waals surface area contributed by atoms with Gasteiger partial charge in [-0.2, -0.15) is 0 Å². The molecule has 8 heteroatoms. The number of Topliss-reactive ketones (excluding diaryl/α,β-unsaturated/α-hetero) is 1. The number of pyridine rings is 1. The van der Waals surface area contributed by atoms with Crippen molar-refractivity contribution < 1.29 is 23.9 Å². The van der Waals surface area contributed by atoms with Crippen molar-refractivity contribution in [2.75, 3.05) is 26.7 Å². The molecule has 2 aromatic rings. The zero-order valence-corrected chi connectivity index (χ0v) is 21.9. The molecule has 8 nitrogen and oxygen atoms in total. The number of rotatable bonds is 8. The van der Waals surface area contributed by atoms with E-state index in [1.807, 2.05) is 58.0 Å². The van der Waals surface area contributed by atoms with Crippen molar-refractivity contribution in [1.29, 1.82) is 0 Å². The molecule has 2 heterocycles. The minimum absolute atomic E-state index is 0.0520. The number of hydrogen-bond acceptors (Lipinski definition) is 6. The fraction of sp³-hybridized carbons (Fsp3) is 0.500. The monoisotopic (exact) mass is 495 g/mol. The van der Waals surface area contributed by atoms with Gasteiger partial charge in [0.1, 0.15) is 11.3 Å². The van der Waals surface area contributed by atoms with E-state index in [-0.39, 0.29) is 35.5 Å². The average molecular weight is 496 g/mol. The van der Waals surface area contributed by atoms with E-state index in [4.69, 9.17) is 9.47 Å². The van der Waals surface area contributed by atoms with Gasteiger partial charge in [0.25, 0.3) is 5.91 Å². The van der Waals surface area contributed by atoms with Crippen LogP contribution in [0.2, 0.25) is 0 Å². The Morgan fingerprint density at radius 2 is 1.92 bits per heavy atom. The second-order valence-electron chi connectivity index (χ2n) is 10.1. The SMILES string of the molecule is CNC(=O)c1cc(C(=O)CCC[C@H]2CN(C(=O)OC(C)(C)C)CCO2)cc(C(C)c2ccccc2)n1. The maximum absolute atomic E-state index is 13.1. The normalized spacial score (nSPS) is 16.8. The summed E-state index contributed by atoms with van der Waals surface area (Å²) in [5, 5.41) is 2.60. The van der Waals surface area contributed by atoms with Crippen LogP contribution >= 0.6 is 0 Å². The molecule has 1 aliphatic heterocycles. The van der Waals surface area contributed by atoms with Crippen molar-refractivity contribution in [1.82, 2.24) is 15.2 Å². The van der Waals surface area contributed by atoms with Crippen molar-refractivity contribution in [3.05, 3.63) is 65.0 Å². The van der Waals surface area contributed by atoms with Crippen LogP contribution in [0.25, 0.3) is 0 Å². The fourth-order valence-corrected chi connectivity index (χ4v) is 4.11. The number of amides is 2. The second kappa shape index (κ2) is 12.1. The zero-order valence-electron chi connectivity index (χ0n) is 21.9. The lowest BCUT2D eigenvalue weighted by molar-refractivity contribution is -0.0450. The molecule has 1 unspecified atom stereocenters. The number of carbonyl (C=O) groups excluding carboxylic acids is 3. The average Bonchev–Trinajstić information content (AvgIpc) is 2.87. The quantitative estimate of drug-likeness (QED) is 0.538. The Hall–Kier alpha value is -3.26. The third-order valence-corrected chi connectivity index (χ3v) is 6.09. The molecule has 1 aromatic carbocycles. The van der Waals surface area contributed by atoms with E-state index in [2.05, 4.69) is 10.3 Å². The Balaban J connectivity index is 1.64. The molecule has 0 radical (unpaired) electrons. The minimum Gasteiger partial charge on any atom is -0.444 e. The van der Waals surface area contributed by atoms with Crippen LogP contribution in [0.1, 0.15) is 85.0 Å². The summed E-state index contributed by atoms with van der Waals surface area (Å²) >= 11 is 0. The summed E-state index contributed by atoms with van der Waals surface area (Å²) in [5.74, 6) is -0.454. The summed E-state index contributed by atoms with van der Waals surface area (Å²) in [6.07, 6.45) is 1.07. The lowest BCUT2D eigenvalue weighted by Gasteiger charge is -2.34. The summed E-state index contributed by atoms with van der Waals surface area (Å²) in [6, 6.07) is 13.2. The third kappa shape index (κ3) is 7.62. The number of aromatic nitrogens is 1. The van der Waals surface area contributed by atoms with E-state index >= 15 is 0 Å². The summed E-state index contributed by atoms with van der Waals surface area (Å²) < 4.78 is 11.3. The van der Waals surface area contributed by atoms with E-state index in [1.54, 1.807) is 24.1 Å². The first-order chi connectivity index (χ1) is 17.1. The highest BCUT2D eigenvalue weighted by Gasteiger charge is 2.28. The van der Waals surface area contributed by atoms with Crippen LogP contribution in [0.5, 0.6) is 0 Å². The van der Waals surface area contributed by atoms with E-state index in [1.165, 1.54) is 0 Å². The zero-order chi connectivity index (χ0) is 26.3. The van der Waals surface area contributed by atoms with E-state index < -0.39 is 5.60 Å². The van der Waals surface area contributed by atoms with Crippen LogP contribution in [0.4, 0.5) is 4.79 Å². The number of benzene rings is 1. The highest BCUT2D eigenvalue weighted by Crippen LogP contribution is 2.25. The molecule has 36 heavy (non-hydrogen) atoms. The first kappa shape index (κ1) is 27.3. The van der Waals surface area contributed by atoms with Gasteiger partial charge in [-0.3, -0.25) is 9.59 Å².